The summed E-state index contributed by atoms with van der Waals surface area (Å²) in [6, 6.07) is 1.45. The summed E-state index contributed by atoms with van der Waals surface area (Å²) in [6.45, 7) is 4.64. The number of hydrogen-bond acceptors (Lipinski definition) is 6. The fourth-order valence-corrected chi connectivity index (χ4v) is 2.41. The van der Waals surface area contributed by atoms with Crippen LogP contribution in [0.2, 0.25) is 0 Å². The second-order valence-electron chi connectivity index (χ2n) is 6.96. The van der Waals surface area contributed by atoms with Crippen molar-refractivity contribution in [1.82, 2.24) is 4.90 Å². The van der Waals surface area contributed by atoms with Crippen molar-refractivity contribution in [1.29, 1.82) is 0 Å². The zero-order valence-corrected chi connectivity index (χ0v) is 16.6. The third kappa shape index (κ3) is 7.13. The van der Waals surface area contributed by atoms with Gasteiger partial charge >= 0.3 is 18.0 Å². The molecule has 0 aliphatic rings. The van der Waals surface area contributed by atoms with Crippen LogP contribution in [0.3, 0.4) is 0 Å². The number of halogens is 2. The van der Waals surface area contributed by atoms with Crippen LogP contribution in [0, 0.1) is 11.6 Å². The third-order valence-electron chi connectivity index (χ3n) is 3.69. The van der Waals surface area contributed by atoms with E-state index in [1.165, 1.54) is 7.11 Å². The summed E-state index contributed by atoms with van der Waals surface area (Å²) in [4.78, 5) is 37.2. The molecule has 1 aromatic rings. The van der Waals surface area contributed by atoms with Crippen molar-refractivity contribution in [3.63, 3.8) is 0 Å². The highest BCUT2D eigenvalue weighted by molar-refractivity contribution is 5.75. The molecule has 0 N–H and O–H groups in total. The van der Waals surface area contributed by atoms with Crippen LogP contribution in [-0.2, 0) is 23.8 Å². The second kappa shape index (κ2) is 10.0. The van der Waals surface area contributed by atoms with Crippen LogP contribution in [0.5, 0.6) is 0 Å². The molecule has 0 unspecified atom stereocenters. The smallest absolute Gasteiger partial charge is 0.410 e. The SMILES string of the molecule is COC(=O)CCN(C(=O)OC(C)(C)C)[C@@H](CC(=O)OC)c1cc(F)ccc1F. The first-order chi connectivity index (χ1) is 13.0. The lowest BCUT2D eigenvalue weighted by molar-refractivity contribution is -0.142. The minimum absolute atomic E-state index is 0.232. The summed E-state index contributed by atoms with van der Waals surface area (Å²) in [5.74, 6) is -2.93. The lowest BCUT2D eigenvalue weighted by Crippen LogP contribution is -2.41. The average Bonchev–Trinajstić information content (AvgIpc) is 2.60. The van der Waals surface area contributed by atoms with Gasteiger partial charge < -0.3 is 14.2 Å². The Hall–Kier alpha value is -2.71. The average molecular weight is 401 g/mol. The molecule has 28 heavy (non-hydrogen) atoms. The maximum Gasteiger partial charge on any atom is 0.410 e. The Morgan fingerprint density at radius 2 is 1.68 bits per heavy atom. The lowest BCUT2D eigenvalue weighted by Gasteiger charge is -2.33. The molecule has 0 saturated carbocycles. The van der Waals surface area contributed by atoms with Crippen LogP contribution < -0.4 is 0 Å². The maximum atomic E-state index is 14.4. The van der Waals surface area contributed by atoms with Gasteiger partial charge in [-0.3, -0.25) is 14.5 Å². The Morgan fingerprint density at radius 3 is 2.21 bits per heavy atom. The lowest BCUT2D eigenvalue weighted by atomic mass is 10.0. The van der Waals surface area contributed by atoms with E-state index in [0.717, 1.165) is 30.2 Å². The van der Waals surface area contributed by atoms with Gasteiger partial charge in [0.15, 0.2) is 0 Å². The van der Waals surface area contributed by atoms with Crippen molar-refractivity contribution in [3.05, 3.63) is 35.4 Å². The van der Waals surface area contributed by atoms with Gasteiger partial charge in [-0.25, -0.2) is 13.6 Å². The number of ether oxygens (including phenoxy) is 3. The van der Waals surface area contributed by atoms with Crippen LogP contribution in [0.25, 0.3) is 0 Å². The second-order valence-corrected chi connectivity index (χ2v) is 6.96. The van der Waals surface area contributed by atoms with Crippen molar-refractivity contribution >= 4 is 18.0 Å². The van der Waals surface area contributed by atoms with Gasteiger partial charge in [0.25, 0.3) is 0 Å². The number of carbonyl (C=O) groups excluding carboxylic acids is 3. The molecule has 0 fully saturated rings. The molecule has 0 aromatic heterocycles. The van der Waals surface area contributed by atoms with E-state index in [-0.39, 0.29) is 18.5 Å². The first kappa shape index (κ1) is 23.3. The molecular weight excluding hydrogens is 376 g/mol. The van der Waals surface area contributed by atoms with E-state index in [4.69, 9.17) is 4.74 Å². The van der Waals surface area contributed by atoms with E-state index < -0.39 is 47.7 Å². The maximum absolute atomic E-state index is 14.4. The first-order valence-electron chi connectivity index (χ1n) is 8.56. The van der Waals surface area contributed by atoms with Gasteiger partial charge in [-0.2, -0.15) is 0 Å². The zero-order valence-electron chi connectivity index (χ0n) is 16.6. The minimum Gasteiger partial charge on any atom is -0.469 e. The van der Waals surface area contributed by atoms with Crippen LogP contribution in [0.1, 0.15) is 45.2 Å². The van der Waals surface area contributed by atoms with E-state index in [1.54, 1.807) is 20.8 Å². The number of nitrogens with zero attached hydrogens (tertiary/aromatic N) is 1. The van der Waals surface area contributed by atoms with Crippen LogP contribution in [0.15, 0.2) is 18.2 Å². The van der Waals surface area contributed by atoms with Gasteiger partial charge in [-0.1, -0.05) is 0 Å². The number of benzene rings is 1. The minimum atomic E-state index is -1.25. The van der Waals surface area contributed by atoms with E-state index in [9.17, 15) is 23.2 Å². The molecule has 156 valence electrons. The quantitative estimate of drug-likeness (QED) is 0.515. The number of hydrogen-bond donors (Lipinski definition) is 0. The number of rotatable bonds is 7. The van der Waals surface area contributed by atoms with Crippen LogP contribution >= 0.6 is 0 Å². The normalized spacial score (nSPS) is 12.1. The number of carbonyl (C=O) groups is 3. The van der Waals surface area contributed by atoms with Gasteiger partial charge in [-0.05, 0) is 39.0 Å². The molecule has 1 amide bonds. The number of esters is 2. The molecular formula is C19H25F2NO6. The molecule has 0 heterocycles. The van der Waals surface area contributed by atoms with Gasteiger partial charge in [0.1, 0.15) is 17.2 Å². The Bertz CT molecular complexity index is 717. The van der Waals surface area contributed by atoms with Gasteiger partial charge in [0.2, 0.25) is 0 Å². The molecule has 9 heteroatoms. The molecule has 7 nitrogen and oxygen atoms in total. The number of methoxy groups -OCH3 is 2. The Kier molecular flexibility index (Phi) is 8.34. The van der Waals surface area contributed by atoms with Crippen molar-refractivity contribution in [3.8, 4) is 0 Å². The van der Waals surface area contributed by atoms with E-state index >= 15 is 0 Å². The zero-order chi connectivity index (χ0) is 21.5. The molecule has 0 spiro atoms. The Labute approximate surface area is 162 Å². The standard InChI is InChI=1S/C19H25F2NO6/c1-19(2,3)28-18(25)22(9-8-16(23)26-4)15(11-17(24)27-5)13-10-12(20)6-7-14(13)21/h6-7,10,15H,8-9,11H2,1-5H3/t15-/m0/s1. The molecule has 1 aromatic carbocycles. The van der Waals surface area contributed by atoms with Gasteiger partial charge in [-0.15, -0.1) is 0 Å². The molecule has 0 bridgehead atoms. The van der Waals surface area contributed by atoms with Crippen molar-refractivity contribution < 1.29 is 37.4 Å². The number of amides is 1. The Balaban J connectivity index is 3.37. The van der Waals surface area contributed by atoms with E-state index in [0.29, 0.717) is 0 Å². The largest absolute Gasteiger partial charge is 0.469 e. The highest BCUT2D eigenvalue weighted by Gasteiger charge is 2.33. The van der Waals surface area contributed by atoms with Crippen LogP contribution in [-0.4, -0.2) is 49.3 Å². The summed E-state index contributed by atoms with van der Waals surface area (Å²) in [5.41, 5.74) is -1.13. The fraction of sp³-hybridized carbons (Fsp3) is 0.526. The van der Waals surface area contributed by atoms with Crippen molar-refractivity contribution in [2.75, 3.05) is 20.8 Å². The summed E-state index contributed by atoms with van der Waals surface area (Å²) in [5, 5.41) is 0. The molecule has 0 radical (unpaired) electrons. The van der Waals surface area contributed by atoms with E-state index in [1.807, 2.05) is 0 Å². The first-order valence-corrected chi connectivity index (χ1v) is 8.56. The predicted octanol–water partition coefficient (Wildman–Crippen LogP) is 3.37. The molecule has 1 rings (SSSR count). The fourth-order valence-electron chi connectivity index (χ4n) is 2.41. The highest BCUT2D eigenvalue weighted by Crippen LogP contribution is 2.30. The monoisotopic (exact) mass is 401 g/mol. The summed E-state index contributed by atoms with van der Waals surface area (Å²) < 4.78 is 42.7. The summed E-state index contributed by atoms with van der Waals surface area (Å²) in [6.07, 6.45) is -1.59. The predicted molar refractivity (Wildman–Crippen MR) is 95.3 cm³/mol. The molecule has 0 aliphatic carbocycles. The van der Waals surface area contributed by atoms with Gasteiger partial charge in [0.05, 0.1) is 33.1 Å². The summed E-state index contributed by atoms with van der Waals surface area (Å²) in [7, 11) is 2.31. The highest BCUT2D eigenvalue weighted by atomic mass is 19.1. The van der Waals surface area contributed by atoms with Crippen molar-refractivity contribution in [2.45, 2.75) is 45.3 Å². The van der Waals surface area contributed by atoms with Crippen molar-refractivity contribution in [2.24, 2.45) is 0 Å². The van der Waals surface area contributed by atoms with E-state index in [2.05, 4.69) is 9.47 Å². The van der Waals surface area contributed by atoms with Gasteiger partial charge in [0, 0.05) is 12.1 Å². The Morgan fingerprint density at radius 1 is 1.07 bits per heavy atom. The molecule has 0 saturated heterocycles. The molecule has 0 aliphatic heterocycles. The topological polar surface area (TPSA) is 82.1 Å². The van der Waals surface area contributed by atoms with Crippen LogP contribution in [0.4, 0.5) is 13.6 Å². The summed E-state index contributed by atoms with van der Waals surface area (Å²) >= 11 is 0. The molecule has 1 atom stereocenters. The third-order valence-corrected chi connectivity index (χ3v) is 3.69.